The minimum Gasteiger partial charge on any atom is -0.309 e. The highest BCUT2D eigenvalue weighted by atomic mass is 32.2. The molecule has 0 aliphatic carbocycles. The van der Waals surface area contributed by atoms with Crippen LogP contribution >= 0.6 is 0 Å². The van der Waals surface area contributed by atoms with E-state index in [2.05, 4.69) is 4.72 Å². The van der Waals surface area contributed by atoms with Gasteiger partial charge in [0.1, 0.15) is 6.07 Å². The van der Waals surface area contributed by atoms with Crippen LogP contribution in [0.3, 0.4) is 0 Å². The Balaban J connectivity index is 2.72. The van der Waals surface area contributed by atoms with Crippen molar-refractivity contribution in [1.82, 2.24) is 9.62 Å². The summed E-state index contributed by atoms with van der Waals surface area (Å²) in [6, 6.07) is 8.06. The lowest BCUT2D eigenvalue weighted by atomic mass is 10.2. The molecule has 5 nitrogen and oxygen atoms in total. The fourth-order valence-corrected chi connectivity index (χ4v) is 2.70. The summed E-state index contributed by atoms with van der Waals surface area (Å²) in [7, 11) is 0.268. The van der Waals surface area contributed by atoms with E-state index in [0.29, 0.717) is 6.54 Å². The van der Waals surface area contributed by atoms with Crippen molar-refractivity contribution in [2.75, 3.05) is 27.2 Å². The Labute approximate surface area is 108 Å². The summed E-state index contributed by atoms with van der Waals surface area (Å²) in [6.07, 6.45) is 0.723. The van der Waals surface area contributed by atoms with Gasteiger partial charge in [0.15, 0.2) is 0 Å². The predicted molar refractivity (Wildman–Crippen MR) is 69.5 cm³/mol. The largest absolute Gasteiger partial charge is 0.309 e. The van der Waals surface area contributed by atoms with E-state index < -0.39 is 10.0 Å². The number of nitriles is 1. The standard InChI is InChI=1S/C12H17N3O2S/c1-15(2)9-5-8-14-18(16,17)12-7-4-3-6-11(12)10-13/h3-4,6-7,14H,5,8-9H2,1-2H3. The lowest BCUT2D eigenvalue weighted by Gasteiger charge is -2.10. The fraction of sp³-hybridized carbons (Fsp3) is 0.417. The summed E-state index contributed by atoms with van der Waals surface area (Å²) < 4.78 is 26.5. The number of hydrogen-bond acceptors (Lipinski definition) is 4. The molecular weight excluding hydrogens is 250 g/mol. The van der Waals surface area contributed by atoms with Gasteiger partial charge in [0, 0.05) is 6.54 Å². The SMILES string of the molecule is CN(C)CCCNS(=O)(=O)c1ccccc1C#N. The molecule has 0 radical (unpaired) electrons. The molecule has 0 amide bonds. The molecule has 1 rings (SSSR count). The highest BCUT2D eigenvalue weighted by Gasteiger charge is 2.17. The van der Waals surface area contributed by atoms with Gasteiger partial charge in [-0.15, -0.1) is 0 Å². The molecule has 0 spiro atoms. The van der Waals surface area contributed by atoms with E-state index in [4.69, 9.17) is 5.26 Å². The zero-order chi connectivity index (χ0) is 13.6. The molecule has 6 heteroatoms. The van der Waals surface area contributed by atoms with Crippen molar-refractivity contribution in [1.29, 1.82) is 5.26 Å². The Hall–Kier alpha value is -1.42. The van der Waals surface area contributed by atoms with Gasteiger partial charge in [-0.2, -0.15) is 5.26 Å². The summed E-state index contributed by atoms with van der Waals surface area (Å²) in [4.78, 5) is 2.02. The van der Waals surface area contributed by atoms with E-state index in [-0.39, 0.29) is 10.5 Å². The zero-order valence-corrected chi connectivity index (χ0v) is 11.4. The third-order valence-corrected chi connectivity index (χ3v) is 3.89. The van der Waals surface area contributed by atoms with Gasteiger partial charge in [-0.1, -0.05) is 12.1 Å². The highest BCUT2D eigenvalue weighted by Crippen LogP contribution is 2.13. The van der Waals surface area contributed by atoms with Gasteiger partial charge >= 0.3 is 0 Å². The van der Waals surface area contributed by atoms with Crippen LogP contribution in [-0.4, -0.2) is 40.5 Å². The van der Waals surface area contributed by atoms with Gasteiger partial charge in [-0.05, 0) is 39.2 Å². The lowest BCUT2D eigenvalue weighted by molar-refractivity contribution is 0.400. The Morgan fingerprint density at radius 1 is 1.33 bits per heavy atom. The highest BCUT2D eigenvalue weighted by molar-refractivity contribution is 7.89. The van der Waals surface area contributed by atoms with Crippen molar-refractivity contribution in [3.05, 3.63) is 29.8 Å². The maximum Gasteiger partial charge on any atom is 0.241 e. The van der Waals surface area contributed by atoms with Crippen molar-refractivity contribution in [2.24, 2.45) is 0 Å². The van der Waals surface area contributed by atoms with Crippen molar-refractivity contribution in [3.8, 4) is 6.07 Å². The van der Waals surface area contributed by atoms with E-state index in [9.17, 15) is 8.42 Å². The molecule has 98 valence electrons. The fourth-order valence-electron chi connectivity index (χ4n) is 1.47. The monoisotopic (exact) mass is 267 g/mol. The first-order valence-corrected chi connectivity index (χ1v) is 7.09. The second-order valence-corrected chi connectivity index (χ2v) is 5.90. The van der Waals surface area contributed by atoms with Crippen LogP contribution in [0.1, 0.15) is 12.0 Å². The Morgan fingerprint density at radius 2 is 2.00 bits per heavy atom. The number of nitrogens with zero attached hydrogens (tertiary/aromatic N) is 2. The number of hydrogen-bond donors (Lipinski definition) is 1. The Kier molecular flexibility index (Phi) is 5.28. The summed E-state index contributed by atoms with van der Waals surface area (Å²) in [5.41, 5.74) is 0.164. The third-order valence-electron chi connectivity index (χ3n) is 2.37. The van der Waals surface area contributed by atoms with Crippen LogP contribution in [0.2, 0.25) is 0 Å². The van der Waals surface area contributed by atoms with Crippen LogP contribution in [0.15, 0.2) is 29.2 Å². The van der Waals surface area contributed by atoms with Crippen molar-refractivity contribution >= 4 is 10.0 Å². The predicted octanol–water partition coefficient (Wildman–Crippen LogP) is 0.788. The molecular formula is C12H17N3O2S. The summed E-state index contributed by atoms with van der Waals surface area (Å²) in [6.45, 7) is 1.17. The minimum absolute atomic E-state index is 0.0392. The maximum absolute atomic E-state index is 12.0. The summed E-state index contributed by atoms with van der Waals surface area (Å²) >= 11 is 0. The molecule has 0 saturated carbocycles. The van der Waals surface area contributed by atoms with Gasteiger partial charge in [-0.3, -0.25) is 0 Å². The topological polar surface area (TPSA) is 73.2 Å². The van der Waals surface area contributed by atoms with Crippen LogP contribution < -0.4 is 4.72 Å². The van der Waals surface area contributed by atoms with E-state index >= 15 is 0 Å². The maximum atomic E-state index is 12.0. The first-order valence-electron chi connectivity index (χ1n) is 5.61. The van der Waals surface area contributed by atoms with Crippen molar-refractivity contribution in [2.45, 2.75) is 11.3 Å². The van der Waals surface area contributed by atoms with Gasteiger partial charge in [0.25, 0.3) is 0 Å². The Bertz CT molecular complexity index is 532. The first kappa shape index (κ1) is 14.6. The molecule has 0 saturated heterocycles. The normalized spacial score (nSPS) is 11.4. The molecule has 1 N–H and O–H groups in total. The molecule has 0 fully saturated rings. The minimum atomic E-state index is -3.59. The average Bonchev–Trinajstić information content (AvgIpc) is 2.34. The number of nitrogens with one attached hydrogen (secondary N) is 1. The van der Waals surface area contributed by atoms with Crippen molar-refractivity contribution < 1.29 is 8.42 Å². The van der Waals surface area contributed by atoms with Crippen LogP contribution in [0.4, 0.5) is 0 Å². The number of sulfonamides is 1. The molecule has 0 atom stereocenters. The molecule has 0 bridgehead atoms. The average molecular weight is 267 g/mol. The van der Waals surface area contributed by atoms with Crippen LogP contribution in [-0.2, 0) is 10.0 Å². The van der Waals surface area contributed by atoms with Crippen LogP contribution in [0, 0.1) is 11.3 Å². The smallest absolute Gasteiger partial charge is 0.241 e. The number of benzene rings is 1. The molecule has 18 heavy (non-hydrogen) atoms. The lowest BCUT2D eigenvalue weighted by Crippen LogP contribution is -2.27. The molecule has 0 aromatic heterocycles. The van der Waals surface area contributed by atoms with Crippen LogP contribution in [0.5, 0.6) is 0 Å². The summed E-state index contributed by atoms with van der Waals surface area (Å²) in [5.74, 6) is 0. The van der Waals surface area contributed by atoms with Gasteiger partial charge in [0.05, 0.1) is 10.5 Å². The molecule has 0 aliphatic rings. The second-order valence-electron chi connectivity index (χ2n) is 4.16. The van der Waals surface area contributed by atoms with E-state index in [0.717, 1.165) is 13.0 Å². The van der Waals surface area contributed by atoms with Crippen molar-refractivity contribution in [3.63, 3.8) is 0 Å². The molecule has 1 aromatic carbocycles. The van der Waals surface area contributed by atoms with Gasteiger partial charge < -0.3 is 4.90 Å². The molecule has 0 heterocycles. The molecule has 0 aliphatic heterocycles. The van der Waals surface area contributed by atoms with E-state index in [1.807, 2.05) is 25.1 Å². The quantitative estimate of drug-likeness (QED) is 0.773. The molecule has 0 unspecified atom stereocenters. The summed E-state index contributed by atoms with van der Waals surface area (Å²) in [5, 5.41) is 8.88. The van der Waals surface area contributed by atoms with E-state index in [1.54, 1.807) is 12.1 Å². The van der Waals surface area contributed by atoms with Crippen LogP contribution in [0.25, 0.3) is 0 Å². The first-order chi connectivity index (χ1) is 8.47. The van der Waals surface area contributed by atoms with Gasteiger partial charge in [0.2, 0.25) is 10.0 Å². The Morgan fingerprint density at radius 3 is 2.61 bits per heavy atom. The molecule has 1 aromatic rings. The third kappa shape index (κ3) is 4.11. The second kappa shape index (κ2) is 6.50. The van der Waals surface area contributed by atoms with Gasteiger partial charge in [-0.25, -0.2) is 13.1 Å². The van der Waals surface area contributed by atoms with E-state index in [1.165, 1.54) is 12.1 Å². The zero-order valence-electron chi connectivity index (χ0n) is 10.5. The number of rotatable bonds is 6.